The second-order valence-electron chi connectivity index (χ2n) is 15.2. The molecule has 2 aliphatic carbocycles. The minimum atomic E-state index is -0.708. The number of rotatable bonds is 10. The molecule has 0 bridgehead atoms. The molecule has 0 heterocycles. The second kappa shape index (κ2) is 11.3. The summed E-state index contributed by atoms with van der Waals surface area (Å²) in [4.78, 5) is 38.3. The first kappa shape index (κ1) is 33.5. The number of Topliss-reactive ketones (excluding diaryl/α,β-unsaturated/α-hetero) is 1. The zero-order valence-electron chi connectivity index (χ0n) is 26.9. The Kier molecular flexibility index (Phi) is 9.49. The van der Waals surface area contributed by atoms with Crippen LogP contribution in [0.1, 0.15) is 121 Å². The fourth-order valence-electron chi connectivity index (χ4n) is 7.33. The molecule has 220 valence electrons. The number of hydrogen-bond acceptors (Lipinski definition) is 4. The third-order valence-corrected chi connectivity index (χ3v) is 11.1. The van der Waals surface area contributed by atoms with Crippen molar-refractivity contribution in [2.24, 2.45) is 33.0 Å². The van der Waals surface area contributed by atoms with E-state index in [1.165, 1.54) is 0 Å². The van der Waals surface area contributed by atoms with E-state index in [2.05, 4.69) is 72.7 Å². The zero-order chi connectivity index (χ0) is 30.9. The van der Waals surface area contributed by atoms with E-state index in [1.807, 2.05) is 19.9 Å². The summed E-state index contributed by atoms with van der Waals surface area (Å²) < 4.78 is 0. The van der Waals surface area contributed by atoms with E-state index in [1.54, 1.807) is 13.0 Å². The monoisotopic (exact) mass is 548 g/mol. The number of carbonyl (C=O) groups excluding carboxylic acids is 3. The van der Waals surface area contributed by atoms with Gasteiger partial charge in [0.25, 0.3) is 5.91 Å². The average Bonchev–Trinajstić information content (AvgIpc) is 2.86. The third kappa shape index (κ3) is 6.30. The maximum absolute atomic E-state index is 13.2. The quantitative estimate of drug-likeness (QED) is 0.226. The summed E-state index contributed by atoms with van der Waals surface area (Å²) in [5.41, 5.74) is -1.09. The molecule has 0 aromatic rings. The van der Waals surface area contributed by atoms with Gasteiger partial charge < -0.3 is 5.32 Å². The predicted octanol–water partition coefficient (Wildman–Crippen LogP) is 7.51. The van der Waals surface area contributed by atoms with Gasteiger partial charge in [-0.3, -0.25) is 14.4 Å². The third-order valence-electron chi connectivity index (χ3n) is 11.1. The van der Waals surface area contributed by atoms with Crippen LogP contribution in [-0.4, -0.2) is 23.0 Å². The van der Waals surface area contributed by atoms with E-state index in [4.69, 9.17) is 6.42 Å². The molecule has 2 rings (SSSR count). The molecule has 0 radical (unpaired) electrons. The van der Waals surface area contributed by atoms with Crippen LogP contribution < -0.4 is 5.32 Å². The average molecular weight is 549 g/mol. The molecule has 2 aliphatic rings. The van der Waals surface area contributed by atoms with Crippen molar-refractivity contribution in [3.63, 3.8) is 0 Å². The molecule has 40 heavy (non-hydrogen) atoms. The molecule has 0 unspecified atom stereocenters. The van der Waals surface area contributed by atoms with E-state index < -0.39 is 22.3 Å². The highest BCUT2D eigenvalue weighted by molar-refractivity contribution is 6.04. The molecule has 4 atom stereocenters. The van der Waals surface area contributed by atoms with E-state index in [0.29, 0.717) is 0 Å². The Hall–Kier alpha value is -2.66. The summed E-state index contributed by atoms with van der Waals surface area (Å²) >= 11 is 0. The van der Waals surface area contributed by atoms with Crippen LogP contribution in [-0.2, 0) is 14.4 Å². The predicted molar refractivity (Wildman–Crippen MR) is 162 cm³/mol. The van der Waals surface area contributed by atoms with Crippen molar-refractivity contribution in [3.8, 4) is 18.4 Å². The Labute approximate surface area is 243 Å². The molecular weight excluding hydrogens is 496 g/mol. The molecule has 0 aliphatic heterocycles. The summed E-state index contributed by atoms with van der Waals surface area (Å²) in [6.45, 7) is 23.1. The maximum Gasteiger partial charge on any atom is 0.296 e. The van der Waals surface area contributed by atoms with Crippen LogP contribution in [0, 0.1) is 56.7 Å². The number of nitrogens with one attached hydrogen (secondary N) is 1. The number of amides is 1. The molecule has 1 fully saturated rings. The van der Waals surface area contributed by atoms with Crippen molar-refractivity contribution in [2.45, 2.75) is 127 Å². The smallest absolute Gasteiger partial charge is 0.296 e. The number of terminal acetylenes is 1. The van der Waals surface area contributed by atoms with Gasteiger partial charge in [0, 0.05) is 16.4 Å². The Morgan fingerprint density at radius 1 is 1.10 bits per heavy atom. The Balaban J connectivity index is 2.56. The Morgan fingerprint density at radius 2 is 1.68 bits per heavy atom. The number of nitrogens with zero attached hydrogens (tertiary/aromatic N) is 1. The normalized spacial score (nSPS) is 28.9. The van der Waals surface area contributed by atoms with Crippen molar-refractivity contribution in [3.05, 3.63) is 23.3 Å². The van der Waals surface area contributed by atoms with Gasteiger partial charge in [-0.1, -0.05) is 80.4 Å². The minimum absolute atomic E-state index is 0.0180. The number of carbonyl (C=O) groups is 3. The first-order valence-corrected chi connectivity index (χ1v) is 14.8. The van der Waals surface area contributed by atoms with Crippen molar-refractivity contribution in [1.29, 1.82) is 5.26 Å². The van der Waals surface area contributed by atoms with Gasteiger partial charge in [0.15, 0.2) is 11.6 Å². The summed E-state index contributed by atoms with van der Waals surface area (Å²) in [6.07, 6.45) is 15.1. The number of ketones is 2. The molecule has 5 heteroatoms. The summed E-state index contributed by atoms with van der Waals surface area (Å²) in [7, 11) is 0. The van der Waals surface area contributed by atoms with Gasteiger partial charge in [-0.25, -0.2) is 0 Å². The largest absolute Gasteiger partial charge is 0.340 e. The van der Waals surface area contributed by atoms with Crippen LogP contribution in [0.15, 0.2) is 23.3 Å². The highest BCUT2D eigenvalue weighted by Crippen LogP contribution is 2.67. The van der Waals surface area contributed by atoms with Crippen molar-refractivity contribution in [1.82, 2.24) is 5.32 Å². The minimum Gasteiger partial charge on any atom is -0.340 e. The topological polar surface area (TPSA) is 87.0 Å². The van der Waals surface area contributed by atoms with E-state index in [9.17, 15) is 19.6 Å². The fraction of sp³-hybridized carbons (Fsp3) is 0.714. The molecule has 1 amide bonds. The van der Waals surface area contributed by atoms with Crippen LogP contribution in [0.5, 0.6) is 0 Å². The van der Waals surface area contributed by atoms with Gasteiger partial charge in [0.1, 0.15) is 6.07 Å². The van der Waals surface area contributed by atoms with Gasteiger partial charge in [0.05, 0.1) is 5.57 Å². The summed E-state index contributed by atoms with van der Waals surface area (Å²) in [6, 6.07) is 2.15. The van der Waals surface area contributed by atoms with Gasteiger partial charge in [0.2, 0.25) is 0 Å². The molecule has 0 saturated heterocycles. The zero-order valence-corrected chi connectivity index (χ0v) is 26.9. The summed E-state index contributed by atoms with van der Waals surface area (Å²) in [5.74, 6) is 1.67. The van der Waals surface area contributed by atoms with Crippen LogP contribution in [0.3, 0.4) is 0 Å². The first-order valence-electron chi connectivity index (χ1n) is 14.8. The molecular formula is C35H52N2O3. The number of fused-ring (bicyclic) bond motifs is 1. The molecule has 0 spiro atoms. The summed E-state index contributed by atoms with van der Waals surface area (Å²) in [5, 5.41) is 13.0. The molecule has 1 saturated carbocycles. The second-order valence-corrected chi connectivity index (χ2v) is 15.2. The van der Waals surface area contributed by atoms with Gasteiger partial charge in [-0.15, -0.1) is 6.42 Å². The number of allylic oxidation sites excluding steroid dienone is 4. The Morgan fingerprint density at radius 3 is 2.17 bits per heavy atom. The Bertz CT molecular complexity index is 1190. The number of hydrogen-bond donors (Lipinski definition) is 1. The highest BCUT2D eigenvalue weighted by atomic mass is 16.1. The van der Waals surface area contributed by atoms with Crippen LogP contribution >= 0.6 is 0 Å². The lowest BCUT2D eigenvalue weighted by atomic mass is 9.42. The number of nitriles is 1. The van der Waals surface area contributed by atoms with Gasteiger partial charge >= 0.3 is 0 Å². The lowest BCUT2D eigenvalue weighted by Gasteiger charge is -2.61. The lowest BCUT2D eigenvalue weighted by molar-refractivity contribution is -0.131. The van der Waals surface area contributed by atoms with Gasteiger partial charge in [-0.2, -0.15) is 5.26 Å². The van der Waals surface area contributed by atoms with Gasteiger partial charge in [-0.05, 0) is 86.5 Å². The van der Waals surface area contributed by atoms with E-state index in [-0.39, 0.29) is 39.3 Å². The lowest BCUT2D eigenvalue weighted by Crippen LogP contribution is -2.56. The highest BCUT2D eigenvalue weighted by Gasteiger charge is 2.61. The fourth-order valence-corrected chi connectivity index (χ4v) is 7.33. The van der Waals surface area contributed by atoms with E-state index >= 15 is 0 Å². The van der Waals surface area contributed by atoms with Crippen molar-refractivity contribution >= 4 is 17.5 Å². The molecule has 0 aromatic heterocycles. The van der Waals surface area contributed by atoms with Crippen molar-refractivity contribution < 1.29 is 14.4 Å². The van der Waals surface area contributed by atoms with Crippen LogP contribution in [0.2, 0.25) is 0 Å². The molecule has 5 nitrogen and oxygen atoms in total. The molecule has 0 aromatic carbocycles. The SMILES string of the molecule is C#CC(=O)N[C@@](C)(CCC(C)(C)CC)CCC(C)(C)[C@]1(C)CC[C@H]2C(C)(C)C(=O)C(C#N)=C[C@]2(C)/C1=C/C(C)=O. The first-order chi connectivity index (χ1) is 18.1. The molecule has 1 N–H and O–H groups in total. The van der Waals surface area contributed by atoms with Crippen LogP contribution in [0.4, 0.5) is 0 Å². The standard InChI is InChI=1S/C35H52N2O3/c1-13-28(39)37-33(10,19-17-30(4,5)14-2)20-18-31(6,7)35(12)16-15-26-32(8,9)29(40)25(23-36)22-34(26,11)27(35)21-24(3)38/h1,21-22,26H,14-20H2,2-12H3,(H,37,39)/b27-21-/t26-,33-,34-,35+/m0/s1. The van der Waals surface area contributed by atoms with E-state index in [0.717, 1.165) is 50.5 Å². The van der Waals surface area contributed by atoms with Crippen molar-refractivity contribution in [2.75, 3.05) is 0 Å². The maximum atomic E-state index is 13.2. The van der Waals surface area contributed by atoms with Crippen LogP contribution in [0.25, 0.3) is 0 Å².